The van der Waals surface area contributed by atoms with Gasteiger partial charge in [0.05, 0.1) is 4.91 Å². The molecule has 4 rings (SSSR count). The molecule has 1 aliphatic rings. The van der Waals surface area contributed by atoms with Gasteiger partial charge in [-0.25, -0.2) is 4.39 Å². The molecule has 0 spiro atoms. The van der Waals surface area contributed by atoms with Crippen LogP contribution in [-0.4, -0.2) is 44.1 Å². The van der Waals surface area contributed by atoms with Crippen LogP contribution in [0.25, 0.3) is 17.0 Å². The van der Waals surface area contributed by atoms with Crippen LogP contribution in [0, 0.1) is 5.82 Å². The van der Waals surface area contributed by atoms with E-state index in [-0.39, 0.29) is 17.1 Å². The van der Waals surface area contributed by atoms with E-state index >= 15 is 0 Å². The van der Waals surface area contributed by atoms with Gasteiger partial charge in [-0.05, 0) is 42.1 Å². The molecular weight excluding hydrogens is 437 g/mol. The molecule has 1 saturated heterocycles. The van der Waals surface area contributed by atoms with E-state index in [1.165, 1.54) is 24.3 Å². The third-order valence-electron chi connectivity index (χ3n) is 4.70. The first-order valence-corrected chi connectivity index (χ1v) is 10.2. The molecule has 0 unspecified atom stereocenters. The molecular formula is C22H16FN3O5S. The number of aromatic nitrogens is 1. The molecule has 32 heavy (non-hydrogen) atoms. The average Bonchev–Trinajstić information content (AvgIpc) is 3.20. The van der Waals surface area contributed by atoms with Crippen molar-refractivity contribution in [2.75, 3.05) is 11.9 Å². The Hall–Kier alpha value is -3.92. The quantitative estimate of drug-likeness (QED) is 0.553. The SMILES string of the molecule is O=C(O)Cn1cc(/C=C2/SC(=O)N(CC(=O)Nc3cccc(F)c3)C2=O)c2ccccc21. The van der Waals surface area contributed by atoms with E-state index in [0.29, 0.717) is 22.8 Å². The van der Waals surface area contributed by atoms with Crippen molar-refractivity contribution in [2.45, 2.75) is 6.54 Å². The summed E-state index contributed by atoms with van der Waals surface area (Å²) in [6.07, 6.45) is 3.11. The van der Waals surface area contributed by atoms with Crippen LogP contribution in [0.3, 0.4) is 0 Å². The number of carboxylic acids is 1. The van der Waals surface area contributed by atoms with Gasteiger partial charge in [-0.3, -0.25) is 24.1 Å². The molecule has 0 aliphatic carbocycles. The van der Waals surface area contributed by atoms with Gasteiger partial charge in [0, 0.05) is 28.4 Å². The first-order chi connectivity index (χ1) is 15.3. The predicted octanol–water partition coefficient (Wildman–Crippen LogP) is 3.54. The van der Waals surface area contributed by atoms with Crippen molar-refractivity contribution in [1.29, 1.82) is 0 Å². The van der Waals surface area contributed by atoms with Crippen molar-refractivity contribution in [3.05, 3.63) is 71.0 Å². The van der Waals surface area contributed by atoms with E-state index in [4.69, 9.17) is 5.11 Å². The number of carbonyl (C=O) groups is 4. The van der Waals surface area contributed by atoms with Crippen LogP contribution in [0.1, 0.15) is 5.56 Å². The van der Waals surface area contributed by atoms with Gasteiger partial charge in [0.25, 0.3) is 11.1 Å². The zero-order valence-electron chi connectivity index (χ0n) is 16.4. The van der Waals surface area contributed by atoms with Gasteiger partial charge in [-0.2, -0.15) is 0 Å². The Bertz CT molecular complexity index is 1300. The lowest BCUT2D eigenvalue weighted by Gasteiger charge is -2.12. The maximum Gasteiger partial charge on any atom is 0.323 e. The largest absolute Gasteiger partial charge is 0.480 e. The summed E-state index contributed by atoms with van der Waals surface area (Å²) >= 11 is 0.692. The summed E-state index contributed by atoms with van der Waals surface area (Å²) in [4.78, 5) is 49.4. The van der Waals surface area contributed by atoms with Crippen molar-refractivity contribution >= 4 is 57.5 Å². The van der Waals surface area contributed by atoms with Gasteiger partial charge in [0.1, 0.15) is 18.9 Å². The fourth-order valence-corrected chi connectivity index (χ4v) is 4.18. The number of hydrogen-bond donors (Lipinski definition) is 2. The summed E-state index contributed by atoms with van der Waals surface area (Å²) in [5.74, 6) is -2.82. The maximum absolute atomic E-state index is 13.3. The maximum atomic E-state index is 13.3. The Morgan fingerprint density at radius 1 is 1.09 bits per heavy atom. The zero-order chi connectivity index (χ0) is 22.8. The molecule has 0 atom stereocenters. The molecule has 0 saturated carbocycles. The minimum Gasteiger partial charge on any atom is -0.480 e. The van der Waals surface area contributed by atoms with Crippen molar-refractivity contribution in [3.63, 3.8) is 0 Å². The smallest absolute Gasteiger partial charge is 0.323 e. The molecule has 1 fully saturated rings. The van der Waals surface area contributed by atoms with E-state index < -0.39 is 35.4 Å². The number of aliphatic carboxylic acids is 1. The zero-order valence-corrected chi connectivity index (χ0v) is 17.3. The minimum absolute atomic E-state index is 0.117. The van der Waals surface area contributed by atoms with E-state index in [1.54, 1.807) is 35.0 Å². The fourth-order valence-electron chi connectivity index (χ4n) is 3.35. The first kappa shape index (κ1) is 21.3. The molecule has 2 heterocycles. The number of imide groups is 1. The van der Waals surface area contributed by atoms with Gasteiger partial charge in [-0.15, -0.1) is 0 Å². The van der Waals surface area contributed by atoms with Crippen molar-refractivity contribution < 1.29 is 28.7 Å². The summed E-state index contributed by atoms with van der Waals surface area (Å²) in [7, 11) is 0. The molecule has 2 N–H and O–H groups in total. The van der Waals surface area contributed by atoms with E-state index in [9.17, 15) is 23.6 Å². The van der Waals surface area contributed by atoms with Crippen molar-refractivity contribution in [3.8, 4) is 0 Å². The summed E-state index contributed by atoms with van der Waals surface area (Å²) in [6, 6.07) is 12.4. The number of nitrogens with one attached hydrogen (secondary N) is 1. The molecule has 3 amide bonds. The van der Waals surface area contributed by atoms with Crippen LogP contribution in [0.4, 0.5) is 14.9 Å². The van der Waals surface area contributed by atoms with E-state index in [1.807, 2.05) is 0 Å². The Labute approximate surface area is 185 Å². The molecule has 162 valence electrons. The predicted molar refractivity (Wildman–Crippen MR) is 117 cm³/mol. The standard InChI is InChI=1S/C22H16FN3O5S/c23-14-4-3-5-15(9-14)24-19(27)11-26-21(30)18(32-22(26)31)8-13-10-25(12-20(28)29)17-7-2-1-6-16(13)17/h1-10H,11-12H2,(H,24,27)(H,28,29)/b18-8+. The van der Waals surface area contributed by atoms with E-state index in [0.717, 1.165) is 16.4 Å². The van der Waals surface area contributed by atoms with Crippen LogP contribution in [0.2, 0.25) is 0 Å². The molecule has 8 nitrogen and oxygen atoms in total. The van der Waals surface area contributed by atoms with Crippen LogP contribution in [0.5, 0.6) is 0 Å². The van der Waals surface area contributed by atoms with Crippen molar-refractivity contribution in [1.82, 2.24) is 9.47 Å². The van der Waals surface area contributed by atoms with Gasteiger partial charge in [-0.1, -0.05) is 24.3 Å². The van der Waals surface area contributed by atoms with Crippen LogP contribution >= 0.6 is 11.8 Å². The molecule has 1 aliphatic heterocycles. The Balaban J connectivity index is 1.55. The number of nitrogens with zero attached hydrogens (tertiary/aromatic N) is 2. The van der Waals surface area contributed by atoms with E-state index in [2.05, 4.69) is 5.32 Å². The average molecular weight is 453 g/mol. The number of carboxylic acid groups (broad SMARTS) is 1. The Kier molecular flexibility index (Phi) is 5.78. The number of amides is 3. The molecule has 3 aromatic rings. The third-order valence-corrected chi connectivity index (χ3v) is 5.60. The summed E-state index contributed by atoms with van der Waals surface area (Å²) < 4.78 is 14.8. The number of fused-ring (bicyclic) bond motifs is 1. The van der Waals surface area contributed by atoms with Crippen molar-refractivity contribution in [2.24, 2.45) is 0 Å². The second-order valence-corrected chi connectivity index (χ2v) is 7.94. The molecule has 2 aromatic carbocycles. The summed E-state index contributed by atoms with van der Waals surface area (Å²) in [5, 5.41) is 11.7. The lowest BCUT2D eigenvalue weighted by atomic mass is 10.1. The Morgan fingerprint density at radius 2 is 1.88 bits per heavy atom. The number of carbonyl (C=O) groups excluding carboxylic acids is 3. The first-order valence-electron chi connectivity index (χ1n) is 9.42. The molecule has 1 aromatic heterocycles. The lowest BCUT2D eigenvalue weighted by Crippen LogP contribution is -2.36. The van der Waals surface area contributed by atoms with Gasteiger partial charge in [0.2, 0.25) is 5.91 Å². The number of halogens is 1. The molecule has 0 radical (unpaired) electrons. The number of thioether (sulfide) groups is 1. The second kappa shape index (κ2) is 8.67. The highest BCUT2D eigenvalue weighted by atomic mass is 32.2. The summed E-state index contributed by atoms with van der Waals surface area (Å²) in [6.45, 7) is -0.768. The number of anilines is 1. The Morgan fingerprint density at radius 3 is 2.62 bits per heavy atom. The number of hydrogen-bond acceptors (Lipinski definition) is 5. The number of para-hydroxylation sites is 1. The van der Waals surface area contributed by atoms with Gasteiger partial charge < -0.3 is 15.0 Å². The minimum atomic E-state index is -1.01. The van der Waals surface area contributed by atoms with Crippen LogP contribution in [0.15, 0.2) is 59.6 Å². The summed E-state index contributed by atoms with van der Waals surface area (Å²) in [5.41, 5.74) is 1.47. The molecule has 10 heteroatoms. The number of rotatable bonds is 6. The third kappa shape index (κ3) is 4.40. The highest BCUT2D eigenvalue weighted by Gasteiger charge is 2.36. The monoisotopic (exact) mass is 453 g/mol. The van der Waals surface area contributed by atoms with Crippen LogP contribution < -0.4 is 5.32 Å². The normalized spacial score (nSPS) is 15.0. The number of benzene rings is 2. The fraction of sp³-hybridized carbons (Fsp3) is 0.0909. The highest BCUT2D eigenvalue weighted by Crippen LogP contribution is 2.34. The van der Waals surface area contributed by atoms with Gasteiger partial charge in [0.15, 0.2) is 0 Å². The lowest BCUT2D eigenvalue weighted by molar-refractivity contribution is -0.137. The topological polar surface area (TPSA) is 109 Å². The second-order valence-electron chi connectivity index (χ2n) is 6.95. The molecule has 0 bridgehead atoms. The van der Waals surface area contributed by atoms with Gasteiger partial charge >= 0.3 is 5.97 Å². The highest BCUT2D eigenvalue weighted by molar-refractivity contribution is 8.18. The van der Waals surface area contributed by atoms with Crippen LogP contribution in [-0.2, 0) is 20.9 Å².